The van der Waals surface area contributed by atoms with Gasteiger partial charge in [0.05, 0.1) is 13.3 Å². The molecule has 1 aliphatic rings. The van der Waals surface area contributed by atoms with Gasteiger partial charge in [-0.1, -0.05) is 54.6 Å². The Morgan fingerprint density at radius 2 is 0.963 bits per heavy atom. The molecule has 3 aromatic rings. The molecule has 0 saturated carbocycles. The summed E-state index contributed by atoms with van der Waals surface area (Å²) in [6, 6.07) is 29.3. The lowest BCUT2D eigenvalue weighted by Gasteiger charge is -2.50. The van der Waals surface area contributed by atoms with Crippen molar-refractivity contribution in [3.63, 3.8) is 0 Å². The number of para-hydroxylation sites is 3. The molecule has 0 radical (unpaired) electrons. The van der Waals surface area contributed by atoms with Crippen LogP contribution in [0.1, 0.15) is 0 Å². The lowest BCUT2D eigenvalue weighted by Crippen LogP contribution is -2.67. The van der Waals surface area contributed by atoms with Crippen molar-refractivity contribution >= 4 is 24.2 Å². The molecule has 1 aliphatic heterocycles. The Morgan fingerprint density at radius 1 is 0.593 bits per heavy atom. The predicted octanol–water partition coefficient (Wildman–Crippen LogP) is 2.77. The van der Waals surface area contributed by atoms with Crippen molar-refractivity contribution in [2.45, 2.75) is 6.07 Å². The predicted molar refractivity (Wildman–Crippen MR) is 110 cm³/mol. The lowest BCUT2D eigenvalue weighted by atomic mass is 9.82. The smallest absolute Gasteiger partial charge is 0.425 e. The van der Waals surface area contributed by atoms with Gasteiger partial charge in [0.2, 0.25) is 0 Å². The lowest BCUT2D eigenvalue weighted by molar-refractivity contribution is 0.368. The van der Waals surface area contributed by atoms with Crippen LogP contribution in [0.5, 0.6) is 0 Å². The Kier molecular flexibility index (Phi) is 5.00. The van der Waals surface area contributed by atoms with Gasteiger partial charge in [-0.2, -0.15) is 0 Å². The molecule has 0 aliphatic carbocycles. The Bertz CT molecular complexity index is 800. The summed E-state index contributed by atoms with van der Waals surface area (Å²) in [5.41, 5.74) is 2.97. The number of hydrogen-bond acceptors (Lipinski definition) is 5. The highest BCUT2D eigenvalue weighted by molar-refractivity contribution is 6.45. The van der Waals surface area contributed by atoms with E-state index >= 15 is 0 Å². The quantitative estimate of drug-likeness (QED) is 0.702. The highest BCUT2D eigenvalue weighted by Crippen LogP contribution is 2.30. The van der Waals surface area contributed by atoms with E-state index in [1.807, 2.05) is 88.7 Å². The van der Waals surface area contributed by atoms with E-state index in [1.54, 1.807) is 0 Å². The summed E-state index contributed by atoms with van der Waals surface area (Å²) >= 11 is 0. The summed E-state index contributed by atoms with van der Waals surface area (Å²) in [5, 5.41) is 20.5. The molecule has 5 nitrogen and oxygen atoms in total. The fourth-order valence-corrected chi connectivity index (χ4v) is 3.58. The van der Waals surface area contributed by atoms with Crippen molar-refractivity contribution in [3.05, 3.63) is 91.0 Å². The molecule has 136 valence electrons. The molecular weight excluding hydrogens is 337 g/mol. The molecule has 0 aromatic heterocycles. The first-order chi connectivity index (χ1) is 13.2. The molecule has 3 aromatic carbocycles. The van der Waals surface area contributed by atoms with Gasteiger partial charge in [-0.15, -0.1) is 0 Å². The van der Waals surface area contributed by atoms with Gasteiger partial charge in [0.1, 0.15) is 6.07 Å². The maximum atomic E-state index is 10.3. The van der Waals surface area contributed by atoms with E-state index in [4.69, 9.17) is 0 Å². The molecule has 2 N–H and O–H groups in total. The van der Waals surface area contributed by atoms with Crippen LogP contribution in [0.15, 0.2) is 91.0 Å². The van der Waals surface area contributed by atoms with Crippen LogP contribution < -0.4 is 14.7 Å². The van der Waals surface area contributed by atoms with Crippen molar-refractivity contribution in [2.24, 2.45) is 0 Å². The molecule has 1 fully saturated rings. The number of rotatable bonds is 4. The number of hydrogen-bond donors (Lipinski definition) is 2. The summed E-state index contributed by atoms with van der Waals surface area (Å²) in [6.45, 7) is 1.11. The monoisotopic (exact) mass is 359 g/mol. The molecule has 0 unspecified atom stereocenters. The van der Waals surface area contributed by atoms with E-state index in [1.165, 1.54) is 0 Å². The second-order valence-corrected chi connectivity index (χ2v) is 6.60. The van der Waals surface area contributed by atoms with Crippen molar-refractivity contribution in [2.75, 3.05) is 28.0 Å². The van der Waals surface area contributed by atoms with Gasteiger partial charge in [-0.25, -0.2) is 0 Å². The topological polar surface area (TPSA) is 50.2 Å². The minimum Gasteiger partial charge on any atom is -0.425 e. The maximum Gasteiger partial charge on any atom is 0.497 e. The van der Waals surface area contributed by atoms with Crippen LogP contribution in [-0.4, -0.2) is 36.6 Å². The van der Waals surface area contributed by atoms with Gasteiger partial charge in [0.15, 0.2) is 0 Å². The number of nitrogens with zero attached hydrogens (tertiary/aromatic N) is 3. The van der Waals surface area contributed by atoms with Crippen LogP contribution in [0.2, 0.25) is 0 Å². The largest absolute Gasteiger partial charge is 0.497 e. The Labute approximate surface area is 159 Å². The van der Waals surface area contributed by atoms with E-state index in [2.05, 4.69) is 17.0 Å². The van der Waals surface area contributed by atoms with Crippen LogP contribution in [0.4, 0.5) is 17.1 Å². The fourth-order valence-electron chi connectivity index (χ4n) is 3.58. The third-order valence-electron chi connectivity index (χ3n) is 4.85. The molecule has 0 amide bonds. The molecule has 4 rings (SSSR count). The standard InChI is InChI=1S/C21H22BN3O2/c26-22(27)21-24(19-12-6-2-7-13-19)16-23(18-10-4-1-5-11-18)17-25(21)20-14-8-3-9-15-20/h1-15,21,26-27H,16-17H2. The zero-order valence-electron chi connectivity index (χ0n) is 15.0. The van der Waals surface area contributed by atoms with Crippen LogP contribution in [0.3, 0.4) is 0 Å². The van der Waals surface area contributed by atoms with E-state index < -0.39 is 13.2 Å². The first kappa shape index (κ1) is 17.5. The van der Waals surface area contributed by atoms with Gasteiger partial charge in [-0.05, 0) is 36.4 Å². The van der Waals surface area contributed by atoms with Gasteiger partial charge in [-0.3, -0.25) is 0 Å². The highest BCUT2D eigenvalue weighted by atomic mass is 16.4. The van der Waals surface area contributed by atoms with Crippen LogP contribution in [0.25, 0.3) is 0 Å². The Hall–Kier alpha value is -2.96. The first-order valence-electron chi connectivity index (χ1n) is 9.03. The summed E-state index contributed by atoms with van der Waals surface area (Å²) in [7, 11) is -1.51. The van der Waals surface area contributed by atoms with Gasteiger partial charge in [0, 0.05) is 17.1 Å². The average Bonchev–Trinajstić information content (AvgIpc) is 2.74. The summed E-state index contributed by atoms with van der Waals surface area (Å²) in [6.07, 6.45) is 0. The fraction of sp³-hybridized carbons (Fsp3) is 0.143. The molecule has 1 heterocycles. The molecule has 1 saturated heterocycles. The van der Waals surface area contributed by atoms with Gasteiger partial charge < -0.3 is 24.7 Å². The summed E-state index contributed by atoms with van der Waals surface area (Å²) in [4.78, 5) is 6.27. The van der Waals surface area contributed by atoms with E-state index in [0.29, 0.717) is 13.3 Å². The van der Waals surface area contributed by atoms with Crippen molar-refractivity contribution in [1.82, 2.24) is 0 Å². The van der Waals surface area contributed by atoms with Gasteiger partial charge >= 0.3 is 7.12 Å². The molecule has 0 spiro atoms. The Morgan fingerprint density at radius 3 is 1.33 bits per heavy atom. The number of anilines is 3. The molecular formula is C21H22BN3O2. The molecule has 6 heteroatoms. The van der Waals surface area contributed by atoms with Gasteiger partial charge in [0.25, 0.3) is 0 Å². The van der Waals surface area contributed by atoms with Crippen molar-refractivity contribution in [1.29, 1.82) is 0 Å². The van der Waals surface area contributed by atoms with E-state index in [-0.39, 0.29) is 0 Å². The van der Waals surface area contributed by atoms with Crippen LogP contribution >= 0.6 is 0 Å². The highest BCUT2D eigenvalue weighted by Gasteiger charge is 2.41. The SMILES string of the molecule is OB(O)C1N(c2ccccc2)CN(c2ccccc2)CN1c1ccccc1. The summed E-state index contributed by atoms with van der Waals surface area (Å²) in [5.74, 6) is 0. The van der Waals surface area contributed by atoms with Crippen LogP contribution in [-0.2, 0) is 0 Å². The van der Waals surface area contributed by atoms with E-state index in [9.17, 15) is 10.0 Å². The maximum absolute atomic E-state index is 10.3. The van der Waals surface area contributed by atoms with Crippen molar-refractivity contribution < 1.29 is 10.0 Å². The third kappa shape index (κ3) is 3.63. The van der Waals surface area contributed by atoms with E-state index in [0.717, 1.165) is 17.1 Å². The number of benzene rings is 3. The second-order valence-electron chi connectivity index (χ2n) is 6.60. The zero-order chi connectivity index (χ0) is 18.6. The Balaban J connectivity index is 1.78. The van der Waals surface area contributed by atoms with Crippen LogP contribution in [0, 0.1) is 0 Å². The third-order valence-corrected chi connectivity index (χ3v) is 4.85. The van der Waals surface area contributed by atoms with Crippen molar-refractivity contribution in [3.8, 4) is 0 Å². The minimum atomic E-state index is -1.51. The molecule has 27 heavy (non-hydrogen) atoms. The minimum absolute atomic E-state index is 0.555. The second kappa shape index (κ2) is 7.74. The first-order valence-corrected chi connectivity index (χ1v) is 9.03. The normalized spacial score (nSPS) is 15.1. The molecule has 0 atom stereocenters. The summed E-state index contributed by atoms with van der Waals surface area (Å²) < 4.78 is 0. The molecule has 0 bridgehead atoms. The average molecular weight is 359 g/mol. The zero-order valence-corrected chi connectivity index (χ0v) is 15.0.